The molecule has 0 aliphatic heterocycles. The van der Waals surface area contributed by atoms with Gasteiger partial charge in [-0.15, -0.1) is 0 Å². The quantitative estimate of drug-likeness (QED) is 0.200. The Morgan fingerprint density at radius 1 is 0.600 bits per heavy atom. The first-order valence-electron chi connectivity index (χ1n) is 14.1. The normalized spacial score (nSPS) is 11.5. The minimum atomic E-state index is 0.811. The zero-order valence-electron chi connectivity index (χ0n) is 22.8. The van der Waals surface area contributed by atoms with Crippen molar-refractivity contribution in [2.45, 2.75) is 26.4 Å². The monoisotopic (exact) mass is 516 g/mol. The molecule has 0 radical (unpaired) electrons. The highest BCUT2D eigenvalue weighted by molar-refractivity contribution is 6.08. The van der Waals surface area contributed by atoms with Gasteiger partial charge in [0, 0.05) is 52.2 Å². The third-order valence-corrected chi connectivity index (χ3v) is 8.21. The second-order valence-electron chi connectivity index (χ2n) is 10.5. The van der Waals surface area contributed by atoms with Gasteiger partial charge in [0.25, 0.3) is 0 Å². The van der Waals surface area contributed by atoms with Crippen LogP contribution in [0.5, 0.6) is 0 Å². The SMILES string of the molecule is C=Cc1ccc(Cn2c(-c3ccccc3)c(Cc3ccc4c(c3)c3ccccc3n4CC)c3ccccc32)cc1. The molecule has 2 heteroatoms. The maximum atomic E-state index is 3.92. The molecule has 0 bridgehead atoms. The average Bonchev–Trinajstić information content (AvgIpc) is 3.50. The predicted octanol–water partition coefficient (Wildman–Crippen LogP) is 9.72. The number of hydrogen-bond acceptors (Lipinski definition) is 0. The Kier molecular flexibility index (Phi) is 6.09. The summed E-state index contributed by atoms with van der Waals surface area (Å²) in [6.07, 6.45) is 2.77. The summed E-state index contributed by atoms with van der Waals surface area (Å²) in [6.45, 7) is 7.92. The van der Waals surface area contributed by atoms with Crippen LogP contribution in [0.4, 0.5) is 0 Å². The summed E-state index contributed by atoms with van der Waals surface area (Å²) in [6, 6.07) is 44.3. The van der Waals surface area contributed by atoms with Gasteiger partial charge in [-0.1, -0.05) is 110 Å². The molecule has 5 aromatic carbocycles. The van der Waals surface area contributed by atoms with Crippen LogP contribution < -0.4 is 0 Å². The summed E-state index contributed by atoms with van der Waals surface area (Å²) in [4.78, 5) is 0. The van der Waals surface area contributed by atoms with Crippen molar-refractivity contribution in [3.05, 3.63) is 150 Å². The summed E-state index contributed by atoms with van der Waals surface area (Å²) < 4.78 is 4.93. The third kappa shape index (κ3) is 4.04. The molecule has 0 aliphatic carbocycles. The van der Waals surface area contributed by atoms with E-state index in [9.17, 15) is 0 Å². The van der Waals surface area contributed by atoms with E-state index in [1.54, 1.807) is 0 Å². The van der Waals surface area contributed by atoms with Gasteiger partial charge in [0.15, 0.2) is 0 Å². The van der Waals surface area contributed by atoms with Crippen molar-refractivity contribution in [3.63, 3.8) is 0 Å². The molecule has 0 spiro atoms. The van der Waals surface area contributed by atoms with E-state index in [0.29, 0.717) is 0 Å². The van der Waals surface area contributed by atoms with Crippen molar-refractivity contribution < 1.29 is 0 Å². The highest BCUT2D eigenvalue weighted by atomic mass is 15.0. The summed E-state index contributed by atoms with van der Waals surface area (Å²) in [7, 11) is 0. The van der Waals surface area contributed by atoms with Gasteiger partial charge in [-0.05, 0) is 59.0 Å². The van der Waals surface area contributed by atoms with Crippen LogP contribution in [0.3, 0.4) is 0 Å². The molecule has 0 N–H and O–H groups in total. The molecular weight excluding hydrogens is 484 g/mol. The molecule has 0 saturated carbocycles. The maximum absolute atomic E-state index is 3.92. The van der Waals surface area contributed by atoms with E-state index in [0.717, 1.165) is 25.1 Å². The molecule has 0 aliphatic rings. The van der Waals surface area contributed by atoms with Gasteiger partial charge < -0.3 is 9.13 Å². The van der Waals surface area contributed by atoms with Crippen molar-refractivity contribution in [1.82, 2.24) is 9.13 Å². The van der Waals surface area contributed by atoms with Gasteiger partial charge in [0.05, 0.1) is 5.69 Å². The van der Waals surface area contributed by atoms with Crippen LogP contribution in [0.2, 0.25) is 0 Å². The van der Waals surface area contributed by atoms with Gasteiger partial charge in [-0.3, -0.25) is 0 Å². The van der Waals surface area contributed by atoms with Crippen molar-refractivity contribution in [3.8, 4) is 11.3 Å². The van der Waals surface area contributed by atoms with Crippen LogP contribution in [0.15, 0.2) is 128 Å². The minimum Gasteiger partial charge on any atom is -0.341 e. The minimum absolute atomic E-state index is 0.811. The lowest BCUT2D eigenvalue weighted by atomic mass is 9.97. The van der Waals surface area contributed by atoms with Gasteiger partial charge in [0.1, 0.15) is 0 Å². The van der Waals surface area contributed by atoms with Gasteiger partial charge in [0.2, 0.25) is 0 Å². The Morgan fingerprint density at radius 2 is 1.23 bits per heavy atom. The number of aryl methyl sites for hydroxylation is 1. The highest BCUT2D eigenvalue weighted by Crippen LogP contribution is 2.37. The van der Waals surface area contributed by atoms with Crippen molar-refractivity contribution in [1.29, 1.82) is 0 Å². The maximum Gasteiger partial charge on any atom is 0.0530 e. The number of aromatic nitrogens is 2. The Morgan fingerprint density at radius 3 is 1.95 bits per heavy atom. The van der Waals surface area contributed by atoms with E-state index in [-0.39, 0.29) is 0 Å². The Balaban J connectivity index is 1.42. The molecule has 2 nitrogen and oxygen atoms in total. The van der Waals surface area contributed by atoms with E-state index >= 15 is 0 Å². The first-order chi connectivity index (χ1) is 19.7. The largest absolute Gasteiger partial charge is 0.341 e. The summed E-state index contributed by atoms with van der Waals surface area (Å²) in [5, 5.41) is 3.98. The fraction of sp³-hybridized carbons (Fsp3) is 0.105. The van der Waals surface area contributed by atoms with Crippen molar-refractivity contribution >= 4 is 38.8 Å². The summed E-state index contributed by atoms with van der Waals surface area (Å²) >= 11 is 0. The molecule has 40 heavy (non-hydrogen) atoms. The van der Waals surface area contributed by atoms with E-state index in [1.807, 2.05) is 6.08 Å². The van der Waals surface area contributed by atoms with Crippen LogP contribution >= 0.6 is 0 Å². The highest BCUT2D eigenvalue weighted by Gasteiger charge is 2.20. The zero-order chi connectivity index (χ0) is 27.1. The topological polar surface area (TPSA) is 9.86 Å². The van der Waals surface area contributed by atoms with Gasteiger partial charge in [-0.2, -0.15) is 0 Å². The third-order valence-electron chi connectivity index (χ3n) is 8.21. The first-order valence-corrected chi connectivity index (χ1v) is 14.1. The molecule has 2 heterocycles. The smallest absolute Gasteiger partial charge is 0.0530 e. The lowest BCUT2D eigenvalue weighted by Crippen LogP contribution is -2.03. The molecule has 194 valence electrons. The number of rotatable bonds is 7. The Labute approximate surface area is 235 Å². The van der Waals surface area contributed by atoms with Crippen molar-refractivity contribution in [2.24, 2.45) is 0 Å². The number of para-hydroxylation sites is 2. The van der Waals surface area contributed by atoms with E-state index in [2.05, 4.69) is 144 Å². The molecule has 0 amide bonds. The molecule has 7 rings (SSSR count). The fourth-order valence-corrected chi connectivity index (χ4v) is 6.34. The molecule has 0 atom stereocenters. The molecule has 2 aromatic heterocycles. The number of benzene rings is 5. The molecular formula is C38H32N2. The second-order valence-corrected chi connectivity index (χ2v) is 10.5. The summed E-state index contributed by atoms with van der Waals surface area (Å²) in [5.74, 6) is 0. The van der Waals surface area contributed by atoms with Gasteiger partial charge >= 0.3 is 0 Å². The fourth-order valence-electron chi connectivity index (χ4n) is 6.34. The first kappa shape index (κ1) is 24.2. The lowest BCUT2D eigenvalue weighted by molar-refractivity contribution is 0.827. The van der Waals surface area contributed by atoms with E-state index < -0.39 is 0 Å². The standard InChI is InChI=1S/C38H32N2/c1-3-27-18-20-28(21-19-27)26-40-36-17-11-9-15-32(36)34(38(40)30-12-6-5-7-13-30)25-29-22-23-37-33(24-29)31-14-8-10-16-35(31)39(37)4-2/h3,5-24H,1,4,25-26H2,2H3. The summed E-state index contributed by atoms with van der Waals surface area (Å²) in [5.41, 5.74) is 11.6. The van der Waals surface area contributed by atoms with Crippen molar-refractivity contribution in [2.75, 3.05) is 0 Å². The number of nitrogens with zero attached hydrogens (tertiary/aromatic N) is 2. The Bertz CT molecular complexity index is 1990. The van der Waals surface area contributed by atoms with Gasteiger partial charge in [-0.25, -0.2) is 0 Å². The number of fused-ring (bicyclic) bond motifs is 4. The van der Waals surface area contributed by atoms with E-state index in [4.69, 9.17) is 0 Å². The van der Waals surface area contributed by atoms with Crippen LogP contribution in [-0.4, -0.2) is 9.13 Å². The average molecular weight is 517 g/mol. The molecule has 0 unspecified atom stereocenters. The van der Waals surface area contributed by atoms with E-state index in [1.165, 1.54) is 60.7 Å². The van der Waals surface area contributed by atoms with Crippen LogP contribution in [-0.2, 0) is 19.5 Å². The zero-order valence-corrected chi connectivity index (χ0v) is 22.8. The Hall–Kier alpha value is -4.82. The second kappa shape index (κ2) is 10.1. The molecule has 0 saturated heterocycles. The van der Waals surface area contributed by atoms with Crippen LogP contribution in [0.1, 0.15) is 29.2 Å². The molecule has 7 aromatic rings. The molecule has 0 fully saturated rings. The van der Waals surface area contributed by atoms with Crippen LogP contribution in [0.25, 0.3) is 50.0 Å². The van der Waals surface area contributed by atoms with Crippen LogP contribution in [0, 0.1) is 0 Å². The predicted molar refractivity (Wildman–Crippen MR) is 171 cm³/mol. The lowest BCUT2D eigenvalue weighted by Gasteiger charge is -2.14. The number of hydrogen-bond donors (Lipinski definition) is 0.